The zero-order chi connectivity index (χ0) is 13.2. The number of nitrogens with one attached hydrogen (secondary N) is 1. The number of anilines is 1. The lowest BCUT2D eigenvalue weighted by atomic mass is 10.4. The lowest BCUT2D eigenvalue weighted by Crippen LogP contribution is -2.27. The number of nitrogens with zero attached hydrogens (tertiary/aromatic N) is 2. The van der Waals surface area contributed by atoms with Gasteiger partial charge in [-0.05, 0) is 25.6 Å². The first kappa shape index (κ1) is 14.8. The van der Waals surface area contributed by atoms with Crippen LogP contribution in [0.3, 0.4) is 0 Å². The molecule has 1 heterocycles. The summed E-state index contributed by atoms with van der Waals surface area (Å²) < 4.78 is 5.74. The van der Waals surface area contributed by atoms with Gasteiger partial charge < -0.3 is 15.0 Å². The Balaban J connectivity index is 2.37. The smallest absolute Gasteiger partial charge is 0.129 e. The van der Waals surface area contributed by atoms with E-state index in [1.165, 1.54) is 0 Å². The van der Waals surface area contributed by atoms with Gasteiger partial charge in [0, 0.05) is 25.4 Å². The van der Waals surface area contributed by atoms with Gasteiger partial charge in [-0.2, -0.15) is 0 Å². The molecule has 0 amide bonds. The lowest BCUT2D eigenvalue weighted by molar-refractivity contribution is 0.223. The van der Waals surface area contributed by atoms with E-state index < -0.39 is 0 Å². The maximum absolute atomic E-state index is 5.74. The molecule has 0 bridgehead atoms. The fourth-order valence-electron chi connectivity index (χ4n) is 1.68. The van der Waals surface area contributed by atoms with E-state index in [9.17, 15) is 0 Å². The largest absolute Gasteiger partial charge is 0.492 e. The third-order valence-electron chi connectivity index (χ3n) is 2.86. The molecule has 0 aliphatic carbocycles. The Bertz CT molecular complexity index is 327. The predicted molar refractivity (Wildman–Crippen MR) is 76.3 cm³/mol. The molecule has 0 radical (unpaired) electrons. The number of likely N-dealkylation sites (N-methyl/N-ethyl adjacent to an activating group) is 1. The monoisotopic (exact) mass is 251 g/mol. The summed E-state index contributed by atoms with van der Waals surface area (Å²) in [5.74, 6) is 1.77. The second kappa shape index (κ2) is 8.75. The first-order valence-electron chi connectivity index (χ1n) is 6.85. The number of ether oxygens (including phenoxy) is 1. The van der Waals surface area contributed by atoms with Crippen molar-refractivity contribution in [2.75, 3.05) is 38.1 Å². The van der Waals surface area contributed by atoms with E-state index in [0.29, 0.717) is 0 Å². The van der Waals surface area contributed by atoms with Crippen LogP contribution >= 0.6 is 0 Å². The van der Waals surface area contributed by atoms with Crippen LogP contribution in [0.25, 0.3) is 0 Å². The van der Waals surface area contributed by atoms with E-state index >= 15 is 0 Å². The van der Waals surface area contributed by atoms with Gasteiger partial charge in [-0.25, -0.2) is 4.98 Å². The molecule has 18 heavy (non-hydrogen) atoms. The summed E-state index contributed by atoms with van der Waals surface area (Å²) in [6.07, 6.45) is 2.87. The van der Waals surface area contributed by atoms with Crippen molar-refractivity contribution >= 4 is 5.82 Å². The minimum Gasteiger partial charge on any atom is -0.492 e. The van der Waals surface area contributed by atoms with Crippen LogP contribution in [-0.4, -0.2) is 42.7 Å². The van der Waals surface area contributed by atoms with Crippen LogP contribution < -0.4 is 10.1 Å². The molecule has 4 nitrogen and oxygen atoms in total. The van der Waals surface area contributed by atoms with Crippen LogP contribution in [0.1, 0.15) is 27.2 Å². The highest BCUT2D eigenvalue weighted by atomic mass is 16.5. The van der Waals surface area contributed by atoms with Gasteiger partial charge in [0.1, 0.15) is 18.2 Å². The SMILES string of the molecule is CCCNc1cc(OCCN(CC)CC)ccn1. The minimum absolute atomic E-state index is 0.721. The van der Waals surface area contributed by atoms with Crippen molar-refractivity contribution in [1.29, 1.82) is 0 Å². The topological polar surface area (TPSA) is 37.4 Å². The van der Waals surface area contributed by atoms with Crippen LogP contribution in [-0.2, 0) is 0 Å². The standard InChI is InChI=1S/C14H25N3O/c1-4-8-15-14-12-13(7-9-16-14)18-11-10-17(5-2)6-3/h7,9,12H,4-6,8,10-11H2,1-3H3,(H,15,16). The molecule has 1 N–H and O–H groups in total. The van der Waals surface area contributed by atoms with Crippen molar-refractivity contribution in [1.82, 2.24) is 9.88 Å². The highest BCUT2D eigenvalue weighted by molar-refractivity contribution is 5.40. The molecule has 0 unspecified atom stereocenters. The first-order valence-corrected chi connectivity index (χ1v) is 6.85. The Hall–Kier alpha value is -1.29. The molecule has 1 rings (SSSR count). The zero-order valence-corrected chi connectivity index (χ0v) is 11.8. The van der Waals surface area contributed by atoms with Crippen molar-refractivity contribution < 1.29 is 4.74 Å². The Labute approximate surface area is 110 Å². The lowest BCUT2D eigenvalue weighted by Gasteiger charge is -2.18. The average molecular weight is 251 g/mol. The van der Waals surface area contributed by atoms with Gasteiger partial charge in [0.05, 0.1) is 0 Å². The quantitative estimate of drug-likeness (QED) is 0.732. The number of hydrogen-bond donors (Lipinski definition) is 1. The second-order valence-electron chi connectivity index (χ2n) is 4.18. The second-order valence-corrected chi connectivity index (χ2v) is 4.18. The molecule has 0 aliphatic rings. The zero-order valence-electron chi connectivity index (χ0n) is 11.8. The van der Waals surface area contributed by atoms with Gasteiger partial charge in [-0.1, -0.05) is 20.8 Å². The van der Waals surface area contributed by atoms with Crippen LogP contribution in [0.5, 0.6) is 5.75 Å². The van der Waals surface area contributed by atoms with E-state index in [4.69, 9.17) is 4.74 Å². The molecule has 0 fully saturated rings. The molecule has 0 saturated carbocycles. The average Bonchev–Trinajstić information content (AvgIpc) is 2.42. The summed E-state index contributed by atoms with van der Waals surface area (Å²) in [7, 11) is 0. The Morgan fingerprint density at radius 1 is 1.28 bits per heavy atom. The minimum atomic E-state index is 0.721. The highest BCUT2D eigenvalue weighted by Gasteiger charge is 2.00. The van der Waals surface area contributed by atoms with Crippen molar-refractivity contribution in [2.24, 2.45) is 0 Å². The third-order valence-corrected chi connectivity index (χ3v) is 2.86. The summed E-state index contributed by atoms with van der Waals surface area (Å²) in [6, 6.07) is 3.86. The Kier molecular flexibility index (Phi) is 7.18. The maximum atomic E-state index is 5.74. The molecular formula is C14H25N3O. The third kappa shape index (κ3) is 5.36. The Morgan fingerprint density at radius 2 is 2.06 bits per heavy atom. The van der Waals surface area contributed by atoms with Crippen LogP contribution in [0.2, 0.25) is 0 Å². The fraction of sp³-hybridized carbons (Fsp3) is 0.643. The van der Waals surface area contributed by atoms with Crippen molar-refractivity contribution in [2.45, 2.75) is 27.2 Å². The summed E-state index contributed by atoms with van der Waals surface area (Å²) in [4.78, 5) is 6.60. The first-order chi connectivity index (χ1) is 8.80. The maximum Gasteiger partial charge on any atom is 0.129 e. The molecule has 102 valence electrons. The molecule has 0 spiro atoms. The van der Waals surface area contributed by atoms with Gasteiger partial charge in [-0.3, -0.25) is 0 Å². The van der Waals surface area contributed by atoms with E-state index in [1.54, 1.807) is 6.20 Å². The highest BCUT2D eigenvalue weighted by Crippen LogP contribution is 2.14. The number of pyridine rings is 1. The normalized spacial score (nSPS) is 10.7. The number of rotatable bonds is 9. The van der Waals surface area contributed by atoms with Crippen LogP contribution in [0.4, 0.5) is 5.82 Å². The Morgan fingerprint density at radius 3 is 2.72 bits per heavy atom. The molecular weight excluding hydrogens is 226 g/mol. The molecule has 4 heteroatoms. The number of aromatic nitrogens is 1. The van der Waals surface area contributed by atoms with E-state index in [2.05, 4.69) is 36.0 Å². The molecule has 0 atom stereocenters. The van der Waals surface area contributed by atoms with Crippen molar-refractivity contribution in [3.8, 4) is 5.75 Å². The predicted octanol–water partition coefficient (Wildman–Crippen LogP) is 2.62. The van der Waals surface area contributed by atoms with Gasteiger partial charge >= 0.3 is 0 Å². The van der Waals surface area contributed by atoms with Gasteiger partial charge in [0.2, 0.25) is 0 Å². The summed E-state index contributed by atoms with van der Waals surface area (Å²) in [6.45, 7) is 11.2. The van der Waals surface area contributed by atoms with E-state index in [0.717, 1.165) is 50.8 Å². The van der Waals surface area contributed by atoms with Gasteiger partial charge in [0.25, 0.3) is 0 Å². The number of hydrogen-bond acceptors (Lipinski definition) is 4. The van der Waals surface area contributed by atoms with E-state index in [-0.39, 0.29) is 0 Å². The molecule has 0 saturated heterocycles. The van der Waals surface area contributed by atoms with Gasteiger partial charge in [-0.15, -0.1) is 0 Å². The fourth-order valence-corrected chi connectivity index (χ4v) is 1.68. The summed E-state index contributed by atoms with van der Waals surface area (Å²) >= 11 is 0. The van der Waals surface area contributed by atoms with Crippen molar-refractivity contribution in [3.63, 3.8) is 0 Å². The molecule has 1 aromatic rings. The molecule has 0 aliphatic heterocycles. The summed E-state index contributed by atoms with van der Waals surface area (Å²) in [5, 5.41) is 3.25. The van der Waals surface area contributed by atoms with Crippen LogP contribution in [0, 0.1) is 0 Å². The van der Waals surface area contributed by atoms with Gasteiger partial charge in [0.15, 0.2) is 0 Å². The van der Waals surface area contributed by atoms with Crippen molar-refractivity contribution in [3.05, 3.63) is 18.3 Å². The summed E-state index contributed by atoms with van der Waals surface area (Å²) in [5.41, 5.74) is 0. The molecule has 0 aromatic carbocycles. The molecule has 1 aromatic heterocycles. The van der Waals surface area contributed by atoms with Crippen LogP contribution in [0.15, 0.2) is 18.3 Å². The van der Waals surface area contributed by atoms with E-state index in [1.807, 2.05) is 12.1 Å².